The van der Waals surface area contributed by atoms with E-state index < -0.39 is 17.9 Å². The molecule has 182 valence electrons. The molecule has 6 nitrogen and oxygen atoms in total. The van der Waals surface area contributed by atoms with Crippen molar-refractivity contribution < 1.29 is 23.8 Å². The van der Waals surface area contributed by atoms with E-state index in [-0.39, 0.29) is 34.0 Å². The van der Waals surface area contributed by atoms with E-state index in [1.165, 1.54) is 24.3 Å². The molecule has 3 aromatic carbocycles. The van der Waals surface area contributed by atoms with Crippen molar-refractivity contribution in [1.29, 1.82) is 0 Å². The second kappa shape index (κ2) is 11.1. The number of carboxylic acid groups (broad SMARTS) is 1. The summed E-state index contributed by atoms with van der Waals surface area (Å²) in [5, 5.41) is 12.4. The van der Waals surface area contributed by atoms with E-state index in [1.807, 2.05) is 0 Å². The molecule has 0 radical (unpaired) electrons. The first kappa shape index (κ1) is 25.0. The molecule has 1 aliphatic rings. The van der Waals surface area contributed by atoms with Crippen molar-refractivity contribution >= 4 is 35.1 Å². The lowest BCUT2D eigenvalue weighted by Gasteiger charge is -2.39. The normalized spacial score (nSPS) is 14.7. The molecular formula is C26H23Cl2FN2O4. The monoisotopic (exact) mass is 516 g/mol. The Morgan fingerprint density at radius 1 is 1.00 bits per heavy atom. The summed E-state index contributed by atoms with van der Waals surface area (Å²) in [6.07, 6.45) is 0.130. The number of hydrogen-bond acceptors (Lipinski definition) is 4. The third kappa shape index (κ3) is 6.51. The quantitative estimate of drug-likeness (QED) is 0.426. The van der Waals surface area contributed by atoms with Gasteiger partial charge in [-0.1, -0.05) is 53.5 Å². The number of carboxylic acids is 1. The number of nitrogens with one attached hydrogen (secondary N) is 1. The molecule has 0 unspecified atom stereocenters. The zero-order valence-electron chi connectivity index (χ0n) is 18.6. The maximum absolute atomic E-state index is 13.0. The molecular weight excluding hydrogens is 494 g/mol. The Morgan fingerprint density at radius 2 is 1.60 bits per heavy atom. The van der Waals surface area contributed by atoms with Crippen molar-refractivity contribution in [2.24, 2.45) is 0 Å². The third-order valence-electron chi connectivity index (χ3n) is 5.70. The molecule has 0 aromatic heterocycles. The van der Waals surface area contributed by atoms with Gasteiger partial charge in [0.25, 0.3) is 5.91 Å². The van der Waals surface area contributed by atoms with Gasteiger partial charge in [0.1, 0.15) is 23.7 Å². The Balaban J connectivity index is 1.29. The number of benzene rings is 3. The molecule has 3 aromatic rings. The second-order valence-electron chi connectivity index (χ2n) is 8.37. The standard InChI is InChI=1S/C26H23Cl2FN2O4/c27-21-2-1-3-22(28)24(21)25(32)30-23(26(33)34)12-16-6-10-19(11-7-16)35-20-14-31(15-20)13-17-4-8-18(29)9-5-17/h1-11,20,23H,12-15H2,(H,30,32)(H,33,34)/t23-/m0/s1. The summed E-state index contributed by atoms with van der Waals surface area (Å²) in [5.74, 6) is -1.39. The summed E-state index contributed by atoms with van der Waals surface area (Å²) in [6.45, 7) is 2.26. The summed E-state index contributed by atoms with van der Waals surface area (Å²) < 4.78 is 19.0. The van der Waals surface area contributed by atoms with Crippen LogP contribution in [0.1, 0.15) is 21.5 Å². The highest BCUT2D eigenvalue weighted by molar-refractivity contribution is 6.39. The van der Waals surface area contributed by atoms with Crippen LogP contribution in [0.5, 0.6) is 5.75 Å². The van der Waals surface area contributed by atoms with Crippen molar-refractivity contribution in [3.63, 3.8) is 0 Å². The first-order valence-corrected chi connectivity index (χ1v) is 11.7. The van der Waals surface area contributed by atoms with Gasteiger partial charge >= 0.3 is 5.97 Å². The summed E-state index contributed by atoms with van der Waals surface area (Å²) in [6, 6.07) is 17.0. The van der Waals surface area contributed by atoms with E-state index in [1.54, 1.807) is 42.5 Å². The van der Waals surface area contributed by atoms with Crippen LogP contribution in [0, 0.1) is 5.82 Å². The van der Waals surface area contributed by atoms with E-state index >= 15 is 0 Å². The van der Waals surface area contributed by atoms with Crippen molar-refractivity contribution in [2.75, 3.05) is 13.1 Å². The lowest BCUT2D eigenvalue weighted by molar-refractivity contribution is -0.139. The summed E-state index contributed by atoms with van der Waals surface area (Å²) in [7, 11) is 0. The van der Waals surface area contributed by atoms with Gasteiger partial charge in [-0.2, -0.15) is 0 Å². The molecule has 1 aliphatic heterocycles. The van der Waals surface area contributed by atoms with E-state index in [0.717, 1.165) is 30.8 Å². The molecule has 2 N–H and O–H groups in total. The van der Waals surface area contributed by atoms with Crippen LogP contribution in [0.2, 0.25) is 10.0 Å². The molecule has 4 rings (SSSR count). The van der Waals surface area contributed by atoms with Crippen molar-refractivity contribution in [1.82, 2.24) is 10.2 Å². The molecule has 0 bridgehead atoms. The molecule has 1 amide bonds. The van der Waals surface area contributed by atoms with Gasteiger partial charge in [-0.15, -0.1) is 0 Å². The third-order valence-corrected chi connectivity index (χ3v) is 6.33. The maximum Gasteiger partial charge on any atom is 0.326 e. The average Bonchev–Trinajstić information content (AvgIpc) is 2.79. The van der Waals surface area contributed by atoms with E-state index in [9.17, 15) is 19.1 Å². The van der Waals surface area contributed by atoms with Crippen molar-refractivity contribution in [3.8, 4) is 5.75 Å². The fourth-order valence-electron chi connectivity index (χ4n) is 3.85. The van der Waals surface area contributed by atoms with Crippen LogP contribution in [0.15, 0.2) is 66.7 Å². The Labute approximate surface area is 212 Å². The number of likely N-dealkylation sites (tertiary alicyclic amines) is 1. The molecule has 1 saturated heterocycles. The molecule has 0 spiro atoms. The van der Waals surface area contributed by atoms with Gasteiger partial charge < -0.3 is 15.2 Å². The highest BCUT2D eigenvalue weighted by atomic mass is 35.5. The number of hydrogen-bond donors (Lipinski definition) is 2. The second-order valence-corrected chi connectivity index (χ2v) is 9.18. The molecule has 35 heavy (non-hydrogen) atoms. The number of nitrogens with zero attached hydrogens (tertiary/aromatic N) is 1. The minimum absolute atomic E-state index is 0.0415. The van der Waals surface area contributed by atoms with Crippen molar-refractivity contribution in [3.05, 3.63) is 99.3 Å². The summed E-state index contributed by atoms with van der Waals surface area (Å²) in [4.78, 5) is 26.5. The number of halogens is 3. The summed E-state index contributed by atoms with van der Waals surface area (Å²) >= 11 is 12.1. The lowest BCUT2D eigenvalue weighted by atomic mass is 10.0. The zero-order valence-corrected chi connectivity index (χ0v) is 20.1. The Morgan fingerprint density at radius 3 is 2.20 bits per heavy atom. The van der Waals surface area contributed by atoms with Gasteiger partial charge in [0.05, 0.1) is 15.6 Å². The van der Waals surface area contributed by atoms with Gasteiger partial charge in [0.2, 0.25) is 0 Å². The number of ether oxygens (including phenoxy) is 1. The van der Waals surface area contributed by atoms with E-state index in [0.29, 0.717) is 5.75 Å². The fourth-order valence-corrected chi connectivity index (χ4v) is 4.42. The minimum atomic E-state index is -1.17. The Hall–Kier alpha value is -3.13. The van der Waals surface area contributed by atoms with Crippen LogP contribution in [0.25, 0.3) is 0 Å². The molecule has 9 heteroatoms. The van der Waals surface area contributed by atoms with Gasteiger partial charge in [0, 0.05) is 26.1 Å². The van der Waals surface area contributed by atoms with E-state index in [4.69, 9.17) is 27.9 Å². The van der Waals surface area contributed by atoms with Crippen LogP contribution >= 0.6 is 23.2 Å². The van der Waals surface area contributed by atoms with E-state index in [2.05, 4.69) is 10.2 Å². The smallest absolute Gasteiger partial charge is 0.326 e. The van der Waals surface area contributed by atoms with Gasteiger partial charge in [-0.05, 0) is 47.5 Å². The highest BCUT2D eigenvalue weighted by Crippen LogP contribution is 2.25. The SMILES string of the molecule is O=C(N[C@@H](Cc1ccc(OC2CN(Cc3ccc(F)cc3)C2)cc1)C(=O)O)c1c(Cl)cccc1Cl. The molecule has 1 fully saturated rings. The Kier molecular flexibility index (Phi) is 7.90. The number of carbonyl (C=O) groups excluding carboxylic acids is 1. The molecule has 0 saturated carbocycles. The predicted molar refractivity (Wildman–Crippen MR) is 132 cm³/mol. The number of amides is 1. The van der Waals surface area contributed by atoms with Crippen LogP contribution in [0.3, 0.4) is 0 Å². The topological polar surface area (TPSA) is 78.9 Å². The molecule has 1 atom stereocenters. The van der Waals surface area contributed by atoms with Crippen molar-refractivity contribution in [2.45, 2.75) is 25.1 Å². The fraction of sp³-hybridized carbons (Fsp3) is 0.231. The van der Waals surface area contributed by atoms with Crippen LogP contribution < -0.4 is 10.1 Å². The van der Waals surface area contributed by atoms with Crippen LogP contribution in [-0.2, 0) is 17.8 Å². The Bertz CT molecular complexity index is 1180. The number of aliphatic carboxylic acids is 1. The molecule has 0 aliphatic carbocycles. The largest absolute Gasteiger partial charge is 0.488 e. The first-order chi connectivity index (χ1) is 16.8. The van der Waals surface area contributed by atoms with Crippen LogP contribution in [-0.4, -0.2) is 47.1 Å². The maximum atomic E-state index is 13.0. The number of rotatable bonds is 9. The molecule has 1 heterocycles. The average molecular weight is 517 g/mol. The van der Waals surface area contributed by atoms with Crippen LogP contribution in [0.4, 0.5) is 4.39 Å². The summed E-state index contributed by atoms with van der Waals surface area (Å²) in [5.41, 5.74) is 1.81. The van der Waals surface area contributed by atoms with Gasteiger partial charge in [0.15, 0.2) is 0 Å². The van der Waals surface area contributed by atoms with Gasteiger partial charge in [-0.25, -0.2) is 9.18 Å². The lowest BCUT2D eigenvalue weighted by Crippen LogP contribution is -2.53. The zero-order chi connectivity index (χ0) is 24.9. The number of carbonyl (C=O) groups is 2. The highest BCUT2D eigenvalue weighted by Gasteiger charge is 2.28. The predicted octanol–water partition coefficient (Wildman–Crippen LogP) is 4.82. The first-order valence-electron chi connectivity index (χ1n) is 11.0. The van der Waals surface area contributed by atoms with Gasteiger partial charge in [-0.3, -0.25) is 9.69 Å². The minimum Gasteiger partial charge on any atom is -0.488 e.